The highest BCUT2D eigenvalue weighted by atomic mass is 16.5. The number of hydrogen-bond donors (Lipinski definition) is 1. The van der Waals surface area contributed by atoms with Crippen molar-refractivity contribution < 1.29 is 4.74 Å². The van der Waals surface area contributed by atoms with E-state index >= 15 is 0 Å². The Morgan fingerprint density at radius 2 is 1.64 bits per heavy atom. The molecule has 0 aliphatic carbocycles. The lowest BCUT2D eigenvalue weighted by Gasteiger charge is -2.13. The van der Waals surface area contributed by atoms with Crippen molar-refractivity contribution in [1.82, 2.24) is 0 Å². The zero-order valence-electron chi connectivity index (χ0n) is 12.1. The number of nitrogens with one attached hydrogen (secondary N) is 1. The van der Waals surface area contributed by atoms with Gasteiger partial charge in [-0.25, -0.2) is 0 Å². The molecule has 0 spiro atoms. The van der Waals surface area contributed by atoms with Crippen LogP contribution in [0.4, 0.5) is 11.4 Å². The Balaban J connectivity index is 1.90. The van der Waals surface area contributed by atoms with Gasteiger partial charge in [-0.15, -0.1) is 0 Å². The van der Waals surface area contributed by atoms with Crippen molar-refractivity contribution in [2.75, 3.05) is 11.9 Å². The first kappa shape index (κ1) is 14.1. The van der Waals surface area contributed by atoms with Gasteiger partial charge in [0.2, 0.25) is 0 Å². The summed E-state index contributed by atoms with van der Waals surface area (Å²) in [5.41, 5.74) is 1.99. The standard InChI is InChI=1S/C18H15NO3/c1-2-22-18-15(16(20)17(18)21)19-14-10-6-9-13(11-14)12-7-4-3-5-8-12/h3-11,19H,2H2,1H3. The Labute approximate surface area is 127 Å². The fourth-order valence-corrected chi connectivity index (χ4v) is 2.32. The van der Waals surface area contributed by atoms with Gasteiger partial charge in [-0.2, -0.15) is 0 Å². The summed E-state index contributed by atoms with van der Waals surface area (Å²) in [5, 5.41) is 2.99. The van der Waals surface area contributed by atoms with Gasteiger partial charge in [-0.1, -0.05) is 42.5 Å². The molecular weight excluding hydrogens is 278 g/mol. The smallest absolute Gasteiger partial charge is 0.272 e. The van der Waals surface area contributed by atoms with Crippen molar-refractivity contribution in [2.45, 2.75) is 6.92 Å². The van der Waals surface area contributed by atoms with E-state index in [1.165, 1.54) is 0 Å². The second-order valence-corrected chi connectivity index (χ2v) is 4.87. The molecule has 0 aromatic heterocycles. The van der Waals surface area contributed by atoms with Crippen LogP contribution in [-0.4, -0.2) is 6.61 Å². The maximum absolute atomic E-state index is 11.7. The summed E-state index contributed by atoms with van der Waals surface area (Å²) in [5.74, 6) is 0.123. The molecule has 0 fully saturated rings. The van der Waals surface area contributed by atoms with E-state index in [9.17, 15) is 9.59 Å². The quantitative estimate of drug-likeness (QED) is 0.734. The van der Waals surface area contributed by atoms with E-state index in [2.05, 4.69) is 5.32 Å². The number of ether oxygens (including phenoxy) is 1. The molecule has 0 atom stereocenters. The van der Waals surface area contributed by atoms with Gasteiger partial charge in [0, 0.05) is 5.69 Å². The van der Waals surface area contributed by atoms with Crippen molar-refractivity contribution >= 4 is 11.4 Å². The summed E-state index contributed by atoms with van der Waals surface area (Å²) in [6, 6.07) is 17.6. The molecule has 0 radical (unpaired) electrons. The molecule has 4 nitrogen and oxygen atoms in total. The molecule has 0 heterocycles. The molecule has 0 aliphatic heterocycles. The third kappa shape index (κ3) is 2.51. The predicted octanol–water partition coefficient (Wildman–Crippen LogP) is 3.09. The molecular formula is C18H15NO3. The molecule has 0 bridgehead atoms. The van der Waals surface area contributed by atoms with E-state index in [-0.39, 0.29) is 11.4 Å². The Bertz CT molecular complexity index is 862. The minimum Gasteiger partial charge on any atom is -0.488 e. The van der Waals surface area contributed by atoms with Crippen molar-refractivity contribution in [3.8, 4) is 16.9 Å². The summed E-state index contributed by atoms with van der Waals surface area (Å²) >= 11 is 0. The third-order valence-electron chi connectivity index (χ3n) is 3.39. The minimum atomic E-state index is -0.566. The van der Waals surface area contributed by atoms with Crippen LogP contribution in [0, 0.1) is 0 Å². The fourth-order valence-electron chi connectivity index (χ4n) is 2.32. The summed E-state index contributed by atoms with van der Waals surface area (Å²) in [6.45, 7) is 2.13. The number of anilines is 2. The van der Waals surface area contributed by atoms with Crippen LogP contribution in [-0.2, 0) is 0 Å². The molecule has 3 aromatic rings. The molecule has 110 valence electrons. The monoisotopic (exact) mass is 293 g/mol. The largest absolute Gasteiger partial charge is 0.488 e. The van der Waals surface area contributed by atoms with Gasteiger partial charge < -0.3 is 10.1 Å². The van der Waals surface area contributed by atoms with E-state index in [1.54, 1.807) is 6.92 Å². The van der Waals surface area contributed by atoms with Crippen molar-refractivity contribution in [2.24, 2.45) is 0 Å². The Morgan fingerprint density at radius 1 is 0.909 bits per heavy atom. The van der Waals surface area contributed by atoms with Crippen molar-refractivity contribution in [3.63, 3.8) is 0 Å². The molecule has 0 unspecified atom stereocenters. The Morgan fingerprint density at radius 3 is 2.36 bits per heavy atom. The molecule has 22 heavy (non-hydrogen) atoms. The lowest BCUT2D eigenvalue weighted by molar-refractivity contribution is 0.335. The van der Waals surface area contributed by atoms with Gasteiger partial charge in [-0.3, -0.25) is 9.59 Å². The predicted molar refractivity (Wildman–Crippen MR) is 87.7 cm³/mol. The van der Waals surface area contributed by atoms with E-state index in [0.29, 0.717) is 6.61 Å². The van der Waals surface area contributed by atoms with Crippen molar-refractivity contribution in [3.05, 3.63) is 75.0 Å². The molecule has 0 saturated heterocycles. The topological polar surface area (TPSA) is 55.4 Å². The summed E-state index contributed by atoms with van der Waals surface area (Å²) in [4.78, 5) is 23.1. The second kappa shape index (κ2) is 5.85. The molecule has 3 rings (SSSR count). The Hall–Kier alpha value is -2.88. The van der Waals surface area contributed by atoms with E-state index in [4.69, 9.17) is 4.74 Å². The van der Waals surface area contributed by atoms with Crippen LogP contribution in [0.1, 0.15) is 6.92 Å². The van der Waals surface area contributed by atoms with Gasteiger partial charge in [0.1, 0.15) is 5.69 Å². The maximum Gasteiger partial charge on any atom is 0.272 e. The fraction of sp³-hybridized carbons (Fsp3) is 0.111. The highest BCUT2D eigenvalue weighted by Gasteiger charge is 2.22. The van der Waals surface area contributed by atoms with Crippen LogP contribution >= 0.6 is 0 Å². The zero-order valence-corrected chi connectivity index (χ0v) is 12.1. The normalized spacial score (nSPS) is 10.6. The van der Waals surface area contributed by atoms with Gasteiger partial charge >= 0.3 is 0 Å². The zero-order chi connectivity index (χ0) is 15.5. The third-order valence-corrected chi connectivity index (χ3v) is 3.39. The van der Waals surface area contributed by atoms with Crippen molar-refractivity contribution in [1.29, 1.82) is 0 Å². The van der Waals surface area contributed by atoms with Crippen LogP contribution in [0.5, 0.6) is 5.75 Å². The Kier molecular flexibility index (Phi) is 3.74. The average Bonchev–Trinajstić information content (AvgIpc) is 2.58. The van der Waals surface area contributed by atoms with Crippen LogP contribution < -0.4 is 20.9 Å². The highest BCUT2D eigenvalue weighted by molar-refractivity contribution is 5.74. The number of benzene rings is 2. The van der Waals surface area contributed by atoms with Gasteiger partial charge in [-0.05, 0) is 30.2 Å². The lowest BCUT2D eigenvalue weighted by Crippen LogP contribution is -2.35. The van der Waals surface area contributed by atoms with Crippen LogP contribution in [0.25, 0.3) is 11.1 Å². The van der Waals surface area contributed by atoms with E-state index < -0.39 is 10.9 Å². The minimum absolute atomic E-state index is 0.123. The molecule has 0 amide bonds. The first-order valence-electron chi connectivity index (χ1n) is 7.09. The van der Waals surface area contributed by atoms with Crippen LogP contribution in [0.3, 0.4) is 0 Å². The average molecular weight is 293 g/mol. The van der Waals surface area contributed by atoms with Gasteiger partial charge in [0.15, 0.2) is 5.75 Å². The van der Waals surface area contributed by atoms with Gasteiger partial charge in [0.05, 0.1) is 6.61 Å². The maximum atomic E-state index is 11.7. The lowest BCUT2D eigenvalue weighted by atomic mass is 10.1. The molecule has 0 aliphatic rings. The summed E-state index contributed by atoms with van der Waals surface area (Å²) in [6.07, 6.45) is 0. The first-order valence-corrected chi connectivity index (χ1v) is 7.09. The second-order valence-electron chi connectivity index (χ2n) is 4.87. The number of rotatable bonds is 5. The SMILES string of the molecule is CCOc1c(Nc2cccc(-c3ccccc3)c2)c(=O)c1=O. The summed E-state index contributed by atoms with van der Waals surface area (Å²) in [7, 11) is 0. The molecule has 4 heteroatoms. The van der Waals surface area contributed by atoms with Crippen LogP contribution in [0.15, 0.2) is 64.2 Å². The number of hydrogen-bond acceptors (Lipinski definition) is 4. The van der Waals surface area contributed by atoms with E-state index in [0.717, 1.165) is 16.8 Å². The van der Waals surface area contributed by atoms with Crippen LogP contribution in [0.2, 0.25) is 0 Å². The van der Waals surface area contributed by atoms with Gasteiger partial charge in [0.25, 0.3) is 10.9 Å². The molecule has 3 aromatic carbocycles. The molecule has 1 N–H and O–H groups in total. The first-order chi connectivity index (χ1) is 10.7. The molecule has 0 saturated carbocycles. The van der Waals surface area contributed by atoms with E-state index in [1.807, 2.05) is 54.6 Å². The summed E-state index contributed by atoms with van der Waals surface area (Å²) < 4.78 is 5.21. The highest BCUT2D eigenvalue weighted by Crippen LogP contribution is 2.26.